The number of rotatable bonds is 21. The van der Waals surface area contributed by atoms with E-state index in [0.717, 1.165) is 0 Å². The number of hydrogen-bond donors (Lipinski definition) is 12. The summed E-state index contributed by atoms with van der Waals surface area (Å²) in [5.74, 6) is -13.3. The Morgan fingerprint density at radius 3 is 0.978 bits per heavy atom. The summed E-state index contributed by atoms with van der Waals surface area (Å²) in [6.07, 6.45) is -4.22. The molecule has 0 aliphatic carbocycles. The molecular formula is C22H35N11O12. The maximum Gasteiger partial charge on any atom is 0.322 e. The van der Waals surface area contributed by atoms with Crippen LogP contribution in [-0.2, 0) is 52.7 Å². The molecule has 10 amide bonds. The van der Waals surface area contributed by atoms with Gasteiger partial charge in [-0.25, -0.2) is 0 Å². The van der Waals surface area contributed by atoms with Gasteiger partial charge in [0, 0.05) is 0 Å². The van der Waals surface area contributed by atoms with E-state index < -0.39 is 134 Å². The minimum atomic E-state index is -1.93. The van der Waals surface area contributed by atoms with Gasteiger partial charge in [0.2, 0.25) is 59.1 Å². The minimum absolute atomic E-state index is 0.645. The van der Waals surface area contributed by atoms with Crippen LogP contribution in [0.2, 0.25) is 0 Å². The van der Waals surface area contributed by atoms with Crippen LogP contribution in [0.15, 0.2) is 0 Å². The Bertz CT molecular complexity index is 1220. The molecule has 0 bridgehead atoms. The van der Waals surface area contributed by atoms with Crippen LogP contribution in [0.5, 0.6) is 0 Å². The second-order valence-electron chi connectivity index (χ2n) is 9.31. The highest BCUT2D eigenvalue weighted by Gasteiger charge is 2.34. The van der Waals surface area contributed by atoms with Crippen LogP contribution in [0.3, 0.4) is 0 Å². The first kappa shape index (κ1) is 39.1. The number of carbonyl (C=O) groups is 11. The van der Waals surface area contributed by atoms with Gasteiger partial charge in [-0.1, -0.05) is 0 Å². The number of nitrogens with one attached hydrogen (secondary N) is 5. The van der Waals surface area contributed by atoms with Crippen molar-refractivity contribution < 1.29 is 57.8 Å². The van der Waals surface area contributed by atoms with Crippen LogP contribution in [0.4, 0.5) is 0 Å². The molecule has 0 aromatic rings. The standard InChI is InChI=1S/C22H35N11O12/c23-7(1-12(24)34)18(41)30-9(3-14(26)36)20(43)32-11(5-16(28)38)22(45)33-10(4-15(27)37)21(44)31-8(2-13(25)35)19(42)29-6-17(39)40/h7-11H,1-6,23H2,(H2,24,34)(H2,25,35)(H2,26,36)(H2,27,37)(H2,28,38)(H,29,42)(H,30,41)(H,31,44)(H,32,43)(H,33,45)(H,39,40)/t7-,8-,9-,10-,11-/m0/s1. The number of hydrogen-bond acceptors (Lipinski definition) is 12. The lowest BCUT2D eigenvalue weighted by Gasteiger charge is -2.25. The van der Waals surface area contributed by atoms with E-state index >= 15 is 0 Å². The molecule has 250 valence electrons. The Labute approximate surface area is 253 Å². The van der Waals surface area contributed by atoms with E-state index in [-0.39, 0.29) is 0 Å². The van der Waals surface area contributed by atoms with Crippen LogP contribution < -0.4 is 61.0 Å². The topological polar surface area (TPSA) is 424 Å². The zero-order valence-electron chi connectivity index (χ0n) is 23.5. The molecule has 23 heteroatoms. The summed E-state index contributed by atoms with van der Waals surface area (Å²) in [4.78, 5) is 131. The van der Waals surface area contributed by atoms with Crippen LogP contribution in [0.1, 0.15) is 32.1 Å². The molecular weight excluding hydrogens is 610 g/mol. The number of carboxylic acid groups (broad SMARTS) is 1. The van der Waals surface area contributed by atoms with Gasteiger partial charge in [-0.05, 0) is 0 Å². The molecule has 0 unspecified atom stereocenters. The zero-order chi connectivity index (χ0) is 35.0. The lowest BCUT2D eigenvalue weighted by atomic mass is 10.1. The number of carboxylic acids is 1. The average Bonchev–Trinajstić information content (AvgIpc) is 2.88. The molecule has 0 aromatic carbocycles. The summed E-state index contributed by atoms with van der Waals surface area (Å²) in [5.41, 5.74) is 30.9. The lowest BCUT2D eigenvalue weighted by molar-refractivity contribution is -0.139. The summed E-state index contributed by atoms with van der Waals surface area (Å²) in [6.45, 7) is -0.909. The van der Waals surface area contributed by atoms with E-state index in [9.17, 15) is 52.7 Å². The van der Waals surface area contributed by atoms with Crippen LogP contribution in [-0.4, -0.2) is 107 Å². The smallest absolute Gasteiger partial charge is 0.322 e. The van der Waals surface area contributed by atoms with Crippen LogP contribution in [0.25, 0.3) is 0 Å². The first-order valence-corrected chi connectivity index (χ1v) is 12.6. The lowest BCUT2D eigenvalue weighted by Crippen LogP contribution is -2.60. The van der Waals surface area contributed by atoms with Crippen molar-refractivity contribution in [2.24, 2.45) is 34.4 Å². The van der Waals surface area contributed by atoms with Gasteiger partial charge in [-0.15, -0.1) is 0 Å². The average molecular weight is 646 g/mol. The molecule has 18 N–H and O–H groups in total. The van der Waals surface area contributed by atoms with Crippen molar-refractivity contribution in [2.75, 3.05) is 6.54 Å². The van der Waals surface area contributed by atoms with Crippen molar-refractivity contribution in [1.82, 2.24) is 26.6 Å². The molecule has 23 nitrogen and oxygen atoms in total. The van der Waals surface area contributed by atoms with Crippen LogP contribution in [0, 0.1) is 0 Å². The number of primary amides is 5. The summed E-state index contributed by atoms with van der Waals surface area (Å²) in [5, 5.41) is 18.7. The van der Waals surface area contributed by atoms with Gasteiger partial charge in [-0.2, -0.15) is 0 Å². The first-order chi connectivity index (χ1) is 20.7. The van der Waals surface area contributed by atoms with E-state index in [4.69, 9.17) is 39.5 Å². The predicted octanol–water partition coefficient (Wildman–Crippen LogP) is -9.17. The molecule has 0 aliphatic heterocycles. The molecule has 0 rings (SSSR count). The minimum Gasteiger partial charge on any atom is -0.480 e. The first-order valence-electron chi connectivity index (χ1n) is 12.6. The molecule has 0 aliphatic rings. The number of carbonyl (C=O) groups excluding carboxylic acids is 10. The molecule has 5 atom stereocenters. The van der Waals surface area contributed by atoms with Gasteiger partial charge in [0.15, 0.2) is 0 Å². The molecule has 0 aromatic heterocycles. The third-order valence-electron chi connectivity index (χ3n) is 5.32. The number of nitrogens with two attached hydrogens (primary N) is 6. The van der Waals surface area contributed by atoms with Crippen molar-refractivity contribution in [3.05, 3.63) is 0 Å². The largest absolute Gasteiger partial charge is 0.480 e. The number of aliphatic carboxylic acids is 1. The molecule has 0 saturated carbocycles. The number of amides is 10. The Morgan fingerprint density at radius 1 is 0.444 bits per heavy atom. The molecule has 0 fully saturated rings. The fraction of sp³-hybridized carbons (Fsp3) is 0.500. The Morgan fingerprint density at radius 2 is 0.711 bits per heavy atom. The fourth-order valence-electron chi connectivity index (χ4n) is 3.33. The van der Waals surface area contributed by atoms with Gasteiger partial charge in [0.25, 0.3) is 0 Å². The Kier molecular flexibility index (Phi) is 16.2. The van der Waals surface area contributed by atoms with Gasteiger partial charge in [0.05, 0.1) is 38.1 Å². The van der Waals surface area contributed by atoms with Crippen molar-refractivity contribution >= 4 is 65.0 Å². The molecule has 0 spiro atoms. The Balaban J connectivity index is 6.05. The Hall–Kier alpha value is -5.87. The van der Waals surface area contributed by atoms with Crippen molar-refractivity contribution in [3.63, 3.8) is 0 Å². The summed E-state index contributed by atoms with van der Waals surface area (Å²) in [6, 6.07) is -8.97. The van der Waals surface area contributed by atoms with E-state index in [1.165, 1.54) is 0 Å². The summed E-state index contributed by atoms with van der Waals surface area (Å²) >= 11 is 0. The molecule has 45 heavy (non-hydrogen) atoms. The zero-order valence-corrected chi connectivity index (χ0v) is 23.5. The third kappa shape index (κ3) is 16.4. The fourth-order valence-corrected chi connectivity index (χ4v) is 3.33. The highest BCUT2D eigenvalue weighted by Crippen LogP contribution is 2.03. The molecule has 0 saturated heterocycles. The van der Waals surface area contributed by atoms with E-state index in [0.29, 0.717) is 0 Å². The normalized spacial score (nSPS) is 13.7. The van der Waals surface area contributed by atoms with Crippen molar-refractivity contribution in [2.45, 2.75) is 62.3 Å². The maximum atomic E-state index is 13.0. The van der Waals surface area contributed by atoms with Gasteiger partial charge >= 0.3 is 5.97 Å². The van der Waals surface area contributed by atoms with Crippen molar-refractivity contribution in [1.29, 1.82) is 0 Å². The molecule has 0 heterocycles. The predicted molar refractivity (Wildman–Crippen MR) is 145 cm³/mol. The van der Waals surface area contributed by atoms with Gasteiger partial charge in [-0.3, -0.25) is 52.7 Å². The summed E-state index contributed by atoms with van der Waals surface area (Å²) < 4.78 is 0. The van der Waals surface area contributed by atoms with Gasteiger partial charge in [0.1, 0.15) is 30.7 Å². The highest BCUT2D eigenvalue weighted by molar-refractivity contribution is 6.00. The van der Waals surface area contributed by atoms with E-state index in [1.807, 2.05) is 26.6 Å². The molecule has 0 radical (unpaired) electrons. The summed E-state index contributed by atoms with van der Waals surface area (Å²) in [7, 11) is 0. The van der Waals surface area contributed by atoms with E-state index in [2.05, 4.69) is 0 Å². The highest BCUT2D eigenvalue weighted by atomic mass is 16.4. The monoisotopic (exact) mass is 645 g/mol. The SMILES string of the molecule is NC(=O)C[C@H](NC(=O)[C@H](CC(N)=O)NC(=O)[C@H](CC(N)=O)NC(=O)[C@H](CC(N)=O)NC(=O)[C@@H](N)CC(N)=O)C(=O)NCC(=O)O. The quantitative estimate of drug-likeness (QED) is 0.0552. The third-order valence-corrected chi connectivity index (χ3v) is 5.32. The van der Waals surface area contributed by atoms with Gasteiger partial charge < -0.3 is 66.1 Å². The van der Waals surface area contributed by atoms with Crippen molar-refractivity contribution in [3.8, 4) is 0 Å². The maximum absolute atomic E-state index is 13.0. The second kappa shape index (κ2) is 18.6. The van der Waals surface area contributed by atoms with E-state index in [1.54, 1.807) is 0 Å². The van der Waals surface area contributed by atoms with Crippen LogP contribution >= 0.6 is 0 Å². The second-order valence-corrected chi connectivity index (χ2v) is 9.31.